The van der Waals surface area contributed by atoms with Crippen LogP contribution >= 0.6 is 0 Å². The fourth-order valence-electron chi connectivity index (χ4n) is 1.91. The van der Waals surface area contributed by atoms with E-state index >= 15 is 0 Å². The molecule has 0 heterocycles. The van der Waals surface area contributed by atoms with Crippen molar-refractivity contribution in [2.24, 2.45) is 5.92 Å². The molecule has 0 bridgehead atoms. The van der Waals surface area contributed by atoms with E-state index in [1.807, 2.05) is 18.2 Å². The molecule has 3 heteroatoms. The van der Waals surface area contributed by atoms with E-state index in [9.17, 15) is 4.79 Å². The van der Waals surface area contributed by atoms with Crippen molar-refractivity contribution in [3.05, 3.63) is 29.3 Å². The molecule has 2 atom stereocenters. The Labute approximate surface area is 117 Å². The standard InChI is InChI=1S/C16H26N2O/c1-7-11(2)13(4)17-15-10-14(9-8-12(15)3)16(19)18(5)6/h8-11,13,17H,7H2,1-6H3. The minimum absolute atomic E-state index is 0.0410. The van der Waals surface area contributed by atoms with Gasteiger partial charge in [0.05, 0.1) is 0 Å². The fraction of sp³-hybridized carbons (Fsp3) is 0.562. The van der Waals surface area contributed by atoms with Gasteiger partial charge in [-0.1, -0.05) is 26.3 Å². The predicted molar refractivity (Wildman–Crippen MR) is 81.7 cm³/mol. The maximum Gasteiger partial charge on any atom is 0.253 e. The van der Waals surface area contributed by atoms with Crippen molar-refractivity contribution in [2.45, 2.75) is 40.2 Å². The van der Waals surface area contributed by atoms with Crippen LogP contribution in [-0.2, 0) is 0 Å². The molecule has 1 aromatic carbocycles. The lowest BCUT2D eigenvalue weighted by molar-refractivity contribution is 0.0827. The molecule has 106 valence electrons. The Hall–Kier alpha value is -1.51. The third-order valence-corrected chi connectivity index (χ3v) is 3.77. The highest BCUT2D eigenvalue weighted by atomic mass is 16.2. The topological polar surface area (TPSA) is 32.3 Å². The van der Waals surface area contributed by atoms with E-state index in [0.29, 0.717) is 12.0 Å². The van der Waals surface area contributed by atoms with Gasteiger partial charge in [-0.15, -0.1) is 0 Å². The molecule has 0 fully saturated rings. The van der Waals surface area contributed by atoms with Crippen LogP contribution < -0.4 is 5.32 Å². The number of benzene rings is 1. The van der Waals surface area contributed by atoms with E-state index in [1.165, 1.54) is 5.56 Å². The van der Waals surface area contributed by atoms with Crippen LogP contribution in [0, 0.1) is 12.8 Å². The zero-order valence-corrected chi connectivity index (χ0v) is 12.9. The Morgan fingerprint density at radius 3 is 2.47 bits per heavy atom. The molecule has 1 N–H and O–H groups in total. The van der Waals surface area contributed by atoms with Crippen LogP contribution in [0.5, 0.6) is 0 Å². The zero-order chi connectivity index (χ0) is 14.6. The Balaban J connectivity index is 2.95. The van der Waals surface area contributed by atoms with Crippen LogP contribution in [0.4, 0.5) is 5.69 Å². The van der Waals surface area contributed by atoms with Crippen molar-refractivity contribution >= 4 is 11.6 Å². The number of anilines is 1. The van der Waals surface area contributed by atoms with E-state index in [0.717, 1.165) is 17.7 Å². The smallest absolute Gasteiger partial charge is 0.253 e. The van der Waals surface area contributed by atoms with E-state index < -0.39 is 0 Å². The zero-order valence-electron chi connectivity index (χ0n) is 12.9. The highest BCUT2D eigenvalue weighted by molar-refractivity contribution is 5.95. The molecule has 0 spiro atoms. The van der Waals surface area contributed by atoms with Gasteiger partial charge >= 0.3 is 0 Å². The van der Waals surface area contributed by atoms with Crippen LogP contribution in [0.3, 0.4) is 0 Å². The van der Waals surface area contributed by atoms with Crippen molar-refractivity contribution in [3.63, 3.8) is 0 Å². The van der Waals surface area contributed by atoms with Gasteiger partial charge in [-0.2, -0.15) is 0 Å². The first kappa shape index (κ1) is 15.5. The third-order valence-electron chi connectivity index (χ3n) is 3.77. The highest BCUT2D eigenvalue weighted by Crippen LogP contribution is 2.21. The normalized spacial score (nSPS) is 13.8. The molecule has 3 nitrogen and oxygen atoms in total. The van der Waals surface area contributed by atoms with Crippen molar-refractivity contribution in [1.29, 1.82) is 0 Å². The van der Waals surface area contributed by atoms with Crippen molar-refractivity contribution in [2.75, 3.05) is 19.4 Å². The molecule has 0 aliphatic carbocycles. The molecule has 0 saturated carbocycles. The van der Waals surface area contributed by atoms with Gasteiger partial charge in [0, 0.05) is 31.4 Å². The largest absolute Gasteiger partial charge is 0.382 e. The molecule has 0 aliphatic rings. The van der Waals surface area contributed by atoms with Crippen molar-refractivity contribution in [3.8, 4) is 0 Å². The Bertz CT molecular complexity index is 440. The molecule has 0 radical (unpaired) electrons. The minimum Gasteiger partial charge on any atom is -0.382 e. The summed E-state index contributed by atoms with van der Waals surface area (Å²) in [6.45, 7) is 8.69. The number of hydrogen-bond donors (Lipinski definition) is 1. The van der Waals surface area contributed by atoms with Crippen LogP contribution in [0.15, 0.2) is 18.2 Å². The van der Waals surface area contributed by atoms with E-state index in [-0.39, 0.29) is 5.91 Å². The van der Waals surface area contributed by atoms with Gasteiger partial charge < -0.3 is 10.2 Å². The second-order valence-electron chi connectivity index (χ2n) is 5.55. The lowest BCUT2D eigenvalue weighted by Crippen LogP contribution is -2.25. The molecule has 1 aromatic rings. The lowest BCUT2D eigenvalue weighted by Gasteiger charge is -2.23. The number of amides is 1. The molecule has 19 heavy (non-hydrogen) atoms. The number of aryl methyl sites for hydroxylation is 1. The van der Waals surface area contributed by atoms with Crippen LogP contribution in [-0.4, -0.2) is 30.9 Å². The Kier molecular flexibility index (Phi) is 5.40. The molecule has 0 saturated heterocycles. The minimum atomic E-state index is 0.0410. The summed E-state index contributed by atoms with van der Waals surface area (Å²) in [6, 6.07) is 6.24. The summed E-state index contributed by atoms with van der Waals surface area (Å²) in [4.78, 5) is 13.6. The quantitative estimate of drug-likeness (QED) is 0.880. The monoisotopic (exact) mass is 262 g/mol. The summed E-state index contributed by atoms with van der Waals surface area (Å²) in [6.07, 6.45) is 1.14. The first-order valence-corrected chi connectivity index (χ1v) is 6.95. The summed E-state index contributed by atoms with van der Waals surface area (Å²) in [5, 5.41) is 3.52. The molecule has 0 aromatic heterocycles. The van der Waals surface area contributed by atoms with Gasteiger partial charge in [0.25, 0.3) is 5.91 Å². The number of nitrogens with one attached hydrogen (secondary N) is 1. The van der Waals surface area contributed by atoms with Gasteiger partial charge in [-0.05, 0) is 37.5 Å². The molecule has 1 rings (SSSR count). The fourth-order valence-corrected chi connectivity index (χ4v) is 1.91. The summed E-state index contributed by atoms with van der Waals surface area (Å²) in [7, 11) is 3.55. The maximum atomic E-state index is 12.0. The second-order valence-corrected chi connectivity index (χ2v) is 5.55. The summed E-state index contributed by atoms with van der Waals surface area (Å²) >= 11 is 0. The molecule has 1 amide bonds. The summed E-state index contributed by atoms with van der Waals surface area (Å²) in [5.74, 6) is 0.645. The number of rotatable bonds is 5. The highest BCUT2D eigenvalue weighted by Gasteiger charge is 2.13. The first-order chi connectivity index (χ1) is 8.86. The number of carbonyl (C=O) groups is 1. The maximum absolute atomic E-state index is 12.0. The van der Waals surface area contributed by atoms with Gasteiger partial charge in [0.2, 0.25) is 0 Å². The van der Waals surface area contributed by atoms with E-state index in [4.69, 9.17) is 0 Å². The predicted octanol–water partition coefficient (Wildman–Crippen LogP) is 3.54. The van der Waals surface area contributed by atoms with Gasteiger partial charge in [0.1, 0.15) is 0 Å². The van der Waals surface area contributed by atoms with Crippen molar-refractivity contribution in [1.82, 2.24) is 4.90 Å². The van der Waals surface area contributed by atoms with E-state index in [2.05, 4.69) is 33.0 Å². The third kappa shape index (κ3) is 3.98. The Morgan fingerprint density at radius 2 is 1.95 bits per heavy atom. The number of carbonyl (C=O) groups excluding carboxylic acids is 1. The average Bonchev–Trinajstić information content (AvgIpc) is 2.39. The van der Waals surface area contributed by atoms with Crippen molar-refractivity contribution < 1.29 is 4.79 Å². The Morgan fingerprint density at radius 1 is 1.32 bits per heavy atom. The van der Waals surface area contributed by atoms with Crippen LogP contribution in [0.2, 0.25) is 0 Å². The molecular weight excluding hydrogens is 236 g/mol. The van der Waals surface area contributed by atoms with Crippen LogP contribution in [0.1, 0.15) is 43.1 Å². The summed E-state index contributed by atoms with van der Waals surface area (Å²) < 4.78 is 0. The van der Waals surface area contributed by atoms with Gasteiger partial charge in [-0.3, -0.25) is 4.79 Å². The lowest BCUT2D eigenvalue weighted by atomic mass is 9.99. The first-order valence-electron chi connectivity index (χ1n) is 6.95. The number of nitrogens with zero attached hydrogens (tertiary/aromatic N) is 1. The molecule has 0 aliphatic heterocycles. The molecule has 2 unspecified atom stereocenters. The van der Waals surface area contributed by atoms with Crippen LogP contribution in [0.25, 0.3) is 0 Å². The van der Waals surface area contributed by atoms with Gasteiger partial charge in [-0.25, -0.2) is 0 Å². The van der Waals surface area contributed by atoms with Gasteiger partial charge in [0.15, 0.2) is 0 Å². The molecular formula is C16H26N2O. The second kappa shape index (κ2) is 6.60. The number of hydrogen-bond acceptors (Lipinski definition) is 2. The average molecular weight is 262 g/mol. The SMILES string of the molecule is CCC(C)C(C)Nc1cc(C(=O)N(C)C)ccc1C. The summed E-state index contributed by atoms with van der Waals surface area (Å²) in [5.41, 5.74) is 2.96. The van der Waals surface area contributed by atoms with E-state index in [1.54, 1.807) is 19.0 Å².